The lowest BCUT2D eigenvalue weighted by molar-refractivity contribution is -0.0605. The van der Waals surface area contributed by atoms with E-state index in [9.17, 15) is 4.39 Å². The molecule has 0 spiro atoms. The van der Waals surface area contributed by atoms with Crippen LogP contribution in [0.1, 0.15) is 38.3 Å². The van der Waals surface area contributed by atoms with Crippen LogP contribution in [0.2, 0.25) is 0 Å². The standard InChI is InChI=1S/C19H27FN6O/c1-4-21-19(22-10-18-24-23-13-25(18)5-2)26-11-14(3)27-17(12-26)15-6-8-16(20)9-7-15/h6-9,13-14,17H,4-5,10-12H2,1-3H3,(H,21,22). The molecule has 1 fully saturated rings. The first-order valence-corrected chi connectivity index (χ1v) is 9.41. The molecule has 146 valence electrons. The maximum absolute atomic E-state index is 13.2. The van der Waals surface area contributed by atoms with Crippen LogP contribution in [0.4, 0.5) is 4.39 Å². The van der Waals surface area contributed by atoms with Crippen LogP contribution in [0, 0.1) is 5.82 Å². The number of aromatic nitrogens is 3. The Morgan fingerprint density at radius 1 is 1.30 bits per heavy atom. The second kappa shape index (κ2) is 8.94. The Morgan fingerprint density at radius 3 is 2.78 bits per heavy atom. The molecule has 2 atom stereocenters. The van der Waals surface area contributed by atoms with E-state index in [0.717, 1.165) is 37.0 Å². The highest BCUT2D eigenvalue weighted by molar-refractivity contribution is 5.80. The van der Waals surface area contributed by atoms with Gasteiger partial charge in [-0.3, -0.25) is 0 Å². The Labute approximate surface area is 159 Å². The average Bonchev–Trinajstić information content (AvgIpc) is 3.12. The fourth-order valence-corrected chi connectivity index (χ4v) is 3.22. The largest absolute Gasteiger partial charge is 0.367 e. The molecular formula is C19H27FN6O. The van der Waals surface area contributed by atoms with E-state index in [1.165, 1.54) is 12.1 Å². The molecule has 1 aliphatic rings. The number of aryl methyl sites for hydroxylation is 1. The number of hydrogen-bond acceptors (Lipinski definition) is 4. The van der Waals surface area contributed by atoms with E-state index < -0.39 is 0 Å². The predicted octanol–water partition coefficient (Wildman–Crippen LogP) is 2.36. The van der Waals surface area contributed by atoms with Crippen molar-refractivity contribution in [3.05, 3.63) is 47.8 Å². The second-order valence-corrected chi connectivity index (χ2v) is 6.60. The summed E-state index contributed by atoms with van der Waals surface area (Å²) in [6.45, 7) is 9.58. The van der Waals surface area contributed by atoms with Gasteiger partial charge in [0, 0.05) is 19.6 Å². The first kappa shape index (κ1) is 19.3. The first-order chi connectivity index (χ1) is 13.1. The highest BCUT2D eigenvalue weighted by atomic mass is 19.1. The van der Waals surface area contributed by atoms with E-state index in [1.54, 1.807) is 18.5 Å². The van der Waals surface area contributed by atoms with E-state index in [-0.39, 0.29) is 18.0 Å². The lowest BCUT2D eigenvalue weighted by Gasteiger charge is -2.38. The van der Waals surface area contributed by atoms with E-state index in [1.807, 2.05) is 18.4 Å². The molecule has 2 unspecified atom stereocenters. The molecule has 1 aromatic heterocycles. The van der Waals surface area contributed by atoms with Gasteiger partial charge in [0.1, 0.15) is 24.8 Å². The maximum Gasteiger partial charge on any atom is 0.194 e. The summed E-state index contributed by atoms with van der Waals surface area (Å²) < 4.78 is 21.3. The van der Waals surface area contributed by atoms with Gasteiger partial charge in [0.25, 0.3) is 0 Å². The number of nitrogens with one attached hydrogen (secondary N) is 1. The summed E-state index contributed by atoms with van der Waals surface area (Å²) in [5.41, 5.74) is 0.967. The van der Waals surface area contributed by atoms with Gasteiger partial charge in [0.2, 0.25) is 0 Å². The van der Waals surface area contributed by atoms with Gasteiger partial charge < -0.3 is 19.5 Å². The van der Waals surface area contributed by atoms with Crippen LogP contribution >= 0.6 is 0 Å². The molecule has 1 N–H and O–H groups in total. The molecule has 7 nitrogen and oxygen atoms in total. The summed E-state index contributed by atoms with van der Waals surface area (Å²) in [5, 5.41) is 11.5. The molecule has 1 aliphatic heterocycles. The minimum Gasteiger partial charge on any atom is -0.367 e. The van der Waals surface area contributed by atoms with Gasteiger partial charge in [-0.05, 0) is 38.5 Å². The van der Waals surface area contributed by atoms with Crippen LogP contribution in [-0.4, -0.2) is 51.4 Å². The normalized spacial score (nSPS) is 20.7. The van der Waals surface area contributed by atoms with Crippen LogP contribution < -0.4 is 5.32 Å². The zero-order valence-electron chi connectivity index (χ0n) is 16.1. The topological polar surface area (TPSA) is 67.6 Å². The molecule has 0 aliphatic carbocycles. The first-order valence-electron chi connectivity index (χ1n) is 9.41. The van der Waals surface area contributed by atoms with Crippen molar-refractivity contribution in [3.8, 4) is 0 Å². The van der Waals surface area contributed by atoms with E-state index in [2.05, 4.69) is 27.3 Å². The number of nitrogens with zero attached hydrogens (tertiary/aromatic N) is 5. The van der Waals surface area contributed by atoms with Gasteiger partial charge in [-0.25, -0.2) is 9.38 Å². The molecule has 2 heterocycles. The number of morpholine rings is 1. The molecule has 1 saturated heterocycles. The molecule has 27 heavy (non-hydrogen) atoms. The van der Waals surface area contributed by atoms with Crippen LogP contribution in [0.25, 0.3) is 0 Å². The maximum atomic E-state index is 13.2. The van der Waals surface area contributed by atoms with Gasteiger partial charge in [0.05, 0.1) is 12.6 Å². The predicted molar refractivity (Wildman–Crippen MR) is 102 cm³/mol. The molecule has 1 aromatic carbocycles. The summed E-state index contributed by atoms with van der Waals surface area (Å²) in [6.07, 6.45) is 1.63. The van der Waals surface area contributed by atoms with Crippen LogP contribution in [0.3, 0.4) is 0 Å². The zero-order valence-corrected chi connectivity index (χ0v) is 16.1. The molecule has 8 heteroatoms. The highest BCUT2D eigenvalue weighted by Crippen LogP contribution is 2.25. The van der Waals surface area contributed by atoms with Gasteiger partial charge >= 0.3 is 0 Å². The van der Waals surface area contributed by atoms with Gasteiger partial charge in [-0.1, -0.05) is 12.1 Å². The second-order valence-electron chi connectivity index (χ2n) is 6.60. The summed E-state index contributed by atoms with van der Waals surface area (Å²) in [4.78, 5) is 6.95. The summed E-state index contributed by atoms with van der Waals surface area (Å²) in [5.74, 6) is 1.42. The van der Waals surface area contributed by atoms with Crippen molar-refractivity contribution in [3.63, 3.8) is 0 Å². The Bertz CT molecular complexity index is 760. The lowest BCUT2D eigenvalue weighted by atomic mass is 10.1. The van der Waals surface area contributed by atoms with Crippen LogP contribution in [0.15, 0.2) is 35.6 Å². The minimum absolute atomic E-state index is 0.0388. The number of hydrogen-bond donors (Lipinski definition) is 1. The Balaban J connectivity index is 1.77. The lowest BCUT2D eigenvalue weighted by Crippen LogP contribution is -2.50. The molecule has 0 radical (unpaired) electrons. The van der Waals surface area contributed by atoms with Crippen LogP contribution in [-0.2, 0) is 17.8 Å². The van der Waals surface area contributed by atoms with Crippen molar-refractivity contribution in [2.24, 2.45) is 4.99 Å². The fourth-order valence-electron chi connectivity index (χ4n) is 3.22. The number of ether oxygens (including phenoxy) is 1. The Hall–Kier alpha value is -2.48. The number of aliphatic imine (C=N–C) groups is 1. The molecular weight excluding hydrogens is 347 g/mol. The average molecular weight is 374 g/mol. The third-order valence-electron chi connectivity index (χ3n) is 4.54. The van der Waals surface area contributed by atoms with E-state index in [4.69, 9.17) is 9.73 Å². The SMILES string of the molecule is CCNC(=NCc1nncn1CC)N1CC(C)OC(c2ccc(F)cc2)C1. The molecule has 3 rings (SSSR count). The third kappa shape index (κ3) is 4.82. The minimum atomic E-state index is -0.241. The summed E-state index contributed by atoms with van der Waals surface area (Å²) in [6, 6.07) is 6.51. The number of guanidine groups is 1. The van der Waals surface area contributed by atoms with E-state index >= 15 is 0 Å². The summed E-state index contributed by atoms with van der Waals surface area (Å²) in [7, 11) is 0. The van der Waals surface area contributed by atoms with Crippen molar-refractivity contribution in [1.29, 1.82) is 0 Å². The van der Waals surface area contributed by atoms with Crippen molar-refractivity contribution in [2.75, 3.05) is 19.6 Å². The molecule has 0 amide bonds. The Kier molecular flexibility index (Phi) is 6.39. The smallest absolute Gasteiger partial charge is 0.194 e. The monoisotopic (exact) mass is 374 g/mol. The van der Waals surface area contributed by atoms with E-state index in [0.29, 0.717) is 13.1 Å². The fraction of sp³-hybridized carbons (Fsp3) is 0.526. The van der Waals surface area contributed by atoms with Crippen molar-refractivity contribution >= 4 is 5.96 Å². The third-order valence-corrected chi connectivity index (χ3v) is 4.54. The number of rotatable bonds is 5. The van der Waals surface area contributed by atoms with Crippen molar-refractivity contribution in [1.82, 2.24) is 25.0 Å². The number of halogens is 1. The van der Waals surface area contributed by atoms with Gasteiger partial charge in [0.15, 0.2) is 11.8 Å². The highest BCUT2D eigenvalue weighted by Gasteiger charge is 2.28. The molecule has 2 aromatic rings. The zero-order chi connectivity index (χ0) is 19.2. The van der Waals surface area contributed by atoms with Gasteiger partial charge in [-0.2, -0.15) is 0 Å². The number of benzene rings is 1. The quantitative estimate of drug-likeness (QED) is 0.643. The van der Waals surface area contributed by atoms with Crippen LogP contribution in [0.5, 0.6) is 0 Å². The Morgan fingerprint density at radius 2 is 2.07 bits per heavy atom. The molecule has 0 saturated carbocycles. The summed E-state index contributed by atoms with van der Waals surface area (Å²) >= 11 is 0. The van der Waals surface area contributed by atoms with Crippen molar-refractivity contribution in [2.45, 2.75) is 46.1 Å². The van der Waals surface area contributed by atoms with Crippen molar-refractivity contribution < 1.29 is 9.13 Å². The molecule has 0 bridgehead atoms. The van der Waals surface area contributed by atoms with Gasteiger partial charge in [-0.15, -0.1) is 10.2 Å².